The van der Waals surface area contributed by atoms with Crippen LogP contribution in [0.25, 0.3) is 0 Å². The Morgan fingerprint density at radius 3 is 2.89 bits per heavy atom. The van der Waals surface area contributed by atoms with Crippen LogP contribution in [-0.2, 0) is 6.54 Å². The van der Waals surface area contributed by atoms with Gasteiger partial charge in [-0.05, 0) is 23.8 Å². The van der Waals surface area contributed by atoms with Crippen molar-refractivity contribution >= 4 is 11.4 Å². The molecule has 2 N–H and O–H groups in total. The topological polar surface area (TPSA) is 65.9 Å². The Hall–Kier alpha value is -2.61. The Morgan fingerprint density at radius 2 is 2.21 bits per heavy atom. The number of nitrogen functional groups attached to an aromatic ring is 1. The van der Waals surface area contributed by atoms with Crippen molar-refractivity contribution in [3.05, 3.63) is 53.6 Å². The summed E-state index contributed by atoms with van der Waals surface area (Å²) in [6.45, 7) is 0.531. The lowest BCUT2D eigenvalue weighted by atomic mass is 10.1. The number of aromatic nitrogens is 1. The van der Waals surface area contributed by atoms with Gasteiger partial charge in [0.05, 0.1) is 23.1 Å². The van der Waals surface area contributed by atoms with Crippen LogP contribution in [0.4, 0.5) is 15.8 Å². The number of anilines is 2. The number of hydrogen-bond donors (Lipinski definition) is 1. The molecule has 0 amide bonds. The molecule has 1 aromatic carbocycles. The van der Waals surface area contributed by atoms with E-state index in [0.29, 0.717) is 12.2 Å². The van der Waals surface area contributed by atoms with Crippen molar-refractivity contribution in [2.75, 3.05) is 17.7 Å². The van der Waals surface area contributed by atoms with Gasteiger partial charge in [-0.15, -0.1) is 0 Å². The van der Waals surface area contributed by atoms with Gasteiger partial charge in [-0.3, -0.25) is 4.98 Å². The first-order chi connectivity index (χ1) is 9.11. The van der Waals surface area contributed by atoms with E-state index in [1.54, 1.807) is 24.5 Å². The minimum atomic E-state index is -0.502. The van der Waals surface area contributed by atoms with E-state index in [0.717, 1.165) is 11.3 Å². The molecule has 0 saturated heterocycles. The van der Waals surface area contributed by atoms with Crippen LogP contribution >= 0.6 is 0 Å². The van der Waals surface area contributed by atoms with E-state index in [4.69, 9.17) is 11.0 Å². The lowest BCUT2D eigenvalue weighted by Crippen LogP contribution is -2.18. The maximum Gasteiger partial charge on any atom is 0.140 e. The fraction of sp³-hybridized carbons (Fsp3) is 0.143. The fourth-order valence-corrected chi connectivity index (χ4v) is 1.86. The molecular formula is C14H13FN4. The molecule has 0 spiro atoms. The number of nitrogens with two attached hydrogens (primary N) is 1. The summed E-state index contributed by atoms with van der Waals surface area (Å²) >= 11 is 0. The Kier molecular flexibility index (Phi) is 3.62. The van der Waals surface area contributed by atoms with E-state index in [9.17, 15) is 4.39 Å². The van der Waals surface area contributed by atoms with Gasteiger partial charge in [-0.1, -0.05) is 6.07 Å². The third-order valence-electron chi connectivity index (χ3n) is 2.81. The summed E-state index contributed by atoms with van der Waals surface area (Å²) in [5.41, 5.74) is 8.15. The van der Waals surface area contributed by atoms with Crippen LogP contribution in [-0.4, -0.2) is 12.0 Å². The molecule has 0 unspecified atom stereocenters. The SMILES string of the molecule is CN(Cc1ccc(F)c(C#N)c1)c1ccncc1N. The number of hydrogen-bond acceptors (Lipinski definition) is 4. The minimum Gasteiger partial charge on any atom is -0.396 e. The second kappa shape index (κ2) is 5.36. The molecule has 0 aliphatic carbocycles. The molecule has 0 aliphatic rings. The molecule has 19 heavy (non-hydrogen) atoms. The highest BCUT2D eigenvalue weighted by atomic mass is 19.1. The molecule has 0 bridgehead atoms. The summed E-state index contributed by atoms with van der Waals surface area (Å²) in [5.74, 6) is -0.502. The first-order valence-electron chi connectivity index (χ1n) is 5.71. The Labute approximate surface area is 110 Å². The van der Waals surface area contributed by atoms with Crippen LogP contribution in [0.15, 0.2) is 36.7 Å². The summed E-state index contributed by atoms with van der Waals surface area (Å²) in [5, 5.41) is 8.81. The van der Waals surface area contributed by atoms with E-state index in [1.807, 2.05) is 24.1 Å². The third kappa shape index (κ3) is 2.80. The van der Waals surface area contributed by atoms with Crippen LogP contribution < -0.4 is 10.6 Å². The van der Waals surface area contributed by atoms with Crippen molar-refractivity contribution in [3.63, 3.8) is 0 Å². The van der Waals surface area contributed by atoms with E-state index in [1.165, 1.54) is 6.07 Å². The normalized spacial score (nSPS) is 9.95. The molecule has 5 heteroatoms. The zero-order valence-electron chi connectivity index (χ0n) is 10.5. The third-order valence-corrected chi connectivity index (χ3v) is 2.81. The second-order valence-corrected chi connectivity index (χ2v) is 4.22. The first-order valence-corrected chi connectivity index (χ1v) is 5.71. The Balaban J connectivity index is 2.22. The Morgan fingerprint density at radius 1 is 1.42 bits per heavy atom. The summed E-state index contributed by atoms with van der Waals surface area (Å²) in [4.78, 5) is 5.85. The van der Waals surface area contributed by atoms with Gasteiger partial charge in [-0.25, -0.2) is 4.39 Å². The van der Waals surface area contributed by atoms with Crippen molar-refractivity contribution < 1.29 is 4.39 Å². The Bertz CT molecular complexity index is 634. The van der Waals surface area contributed by atoms with Crippen molar-refractivity contribution in [2.24, 2.45) is 0 Å². The van der Waals surface area contributed by atoms with Gasteiger partial charge in [0.25, 0.3) is 0 Å². The van der Waals surface area contributed by atoms with Crippen LogP contribution in [0.1, 0.15) is 11.1 Å². The lowest BCUT2D eigenvalue weighted by molar-refractivity contribution is 0.623. The summed E-state index contributed by atoms with van der Waals surface area (Å²) in [7, 11) is 1.88. The molecule has 96 valence electrons. The molecular weight excluding hydrogens is 243 g/mol. The van der Waals surface area contributed by atoms with Crippen LogP contribution in [0.5, 0.6) is 0 Å². The molecule has 1 aromatic heterocycles. The molecule has 0 atom stereocenters. The average molecular weight is 256 g/mol. The highest BCUT2D eigenvalue weighted by molar-refractivity contribution is 5.65. The lowest BCUT2D eigenvalue weighted by Gasteiger charge is -2.20. The summed E-state index contributed by atoms with van der Waals surface area (Å²) < 4.78 is 13.2. The average Bonchev–Trinajstić information content (AvgIpc) is 2.41. The minimum absolute atomic E-state index is 0.0496. The number of rotatable bonds is 3. The smallest absolute Gasteiger partial charge is 0.140 e. The van der Waals surface area contributed by atoms with E-state index < -0.39 is 5.82 Å². The number of nitrogens with zero attached hydrogens (tertiary/aromatic N) is 3. The van der Waals surface area contributed by atoms with Gasteiger partial charge in [0, 0.05) is 19.8 Å². The van der Waals surface area contributed by atoms with Crippen LogP contribution in [0.3, 0.4) is 0 Å². The molecule has 1 heterocycles. The maximum atomic E-state index is 13.2. The summed E-state index contributed by atoms with van der Waals surface area (Å²) in [6.07, 6.45) is 3.24. The van der Waals surface area contributed by atoms with Crippen molar-refractivity contribution in [1.82, 2.24) is 4.98 Å². The quantitative estimate of drug-likeness (QED) is 0.915. The monoisotopic (exact) mass is 256 g/mol. The van der Waals surface area contributed by atoms with Gasteiger partial charge in [0.2, 0.25) is 0 Å². The maximum absolute atomic E-state index is 13.2. The van der Waals surface area contributed by atoms with E-state index in [2.05, 4.69) is 4.98 Å². The van der Waals surface area contributed by atoms with Gasteiger partial charge < -0.3 is 10.6 Å². The molecule has 0 radical (unpaired) electrons. The fourth-order valence-electron chi connectivity index (χ4n) is 1.86. The number of pyridine rings is 1. The number of halogens is 1. The van der Waals surface area contributed by atoms with Gasteiger partial charge in [0.15, 0.2) is 0 Å². The molecule has 2 aromatic rings. The second-order valence-electron chi connectivity index (χ2n) is 4.22. The van der Waals surface area contributed by atoms with Crippen molar-refractivity contribution in [2.45, 2.75) is 6.54 Å². The van der Waals surface area contributed by atoms with Crippen molar-refractivity contribution in [1.29, 1.82) is 5.26 Å². The number of benzene rings is 1. The number of nitriles is 1. The standard InChI is InChI=1S/C14H13FN4/c1-19(14-4-5-18-8-13(14)17)9-10-2-3-12(15)11(6-10)7-16/h2-6,8H,9,17H2,1H3. The van der Waals surface area contributed by atoms with Gasteiger partial charge in [-0.2, -0.15) is 5.26 Å². The van der Waals surface area contributed by atoms with Gasteiger partial charge >= 0.3 is 0 Å². The largest absolute Gasteiger partial charge is 0.396 e. The van der Waals surface area contributed by atoms with Gasteiger partial charge in [0.1, 0.15) is 11.9 Å². The molecule has 4 nitrogen and oxygen atoms in total. The zero-order chi connectivity index (χ0) is 13.8. The molecule has 0 aliphatic heterocycles. The predicted octanol–water partition coefficient (Wildman–Crippen LogP) is 2.31. The highest BCUT2D eigenvalue weighted by Gasteiger charge is 2.08. The van der Waals surface area contributed by atoms with Crippen molar-refractivity contribution in [3.8, 4) is 6.07 Å². The molecule has 0 saturated carbocycles. The van der Waals surface area contributed by atoms with E-state index in [-0.39, 0.29) is 5.56 Å². The molecule has 0 fully saturated rings. The first kappa shape index (κ1) is 12.8. The molecule has 2 rings (SSSR count). The highest BCUT2D eigenvalue weighted by Crippen LogP contribution is 2.22. The van der Waals surface area contributed by atoms with E-state index >= 15 is 0 Å². The predicted molar refractivity (Wildman–Crippen MR) is 71.9 cm³/mol. The van der Waals surface area contributed by atoms with Crippen LogP contribution in [0.2, 0.25) is 0 Å². The van der Waals surface area contributed by atoms with Crippen LogP contribution in [0, 0.1) is 17.1 Å². The zero-order valence-corrected chi connectivity index (χ0v) is 10.5. The summed E-state index contributed by atoms with van der Waals surface area (Å²) in [6, 6.07) is 8.15.